The molecule has 0 spiro atoms. The van der Waals surface area contributed by atoms with E-state index in [2.05, 4.69) is 17.6 Å². The van der Waals surface area contributed by atoms with E-state index in [4.69, 9.17) is 9.52 Å². The van der Waals surface area contributed by atoms with Gasteiger partial charge in [0, 0.05) is 5.54 Å². The van der Waals surface area contributed by atoms with Crippen molar-refractivity contribution in [3.8, 4) is 0 Å². The number of hydrogen-bond acceptors (Lipinski definition) is 3. The first-order valence-corrected chi connectivity index (χ1v) is 6.43. The third-order valence-electron chi connectivity index (χ3n) is 3.66. The Balaban J connectivity index is 1.81. The lowest BCUT2D eigenvalue weighted by Gasteiger charge is -2.41. The number of urea groups is 1. The van der Waals surface area contributed by atoms with E-state index in [9.17, 15) is 9.59 Å². The molecule has 1 aliphatic carbocycles. The minimum absolute atomic E-state index is 0.0561. The molecule has 0 unspecified atom stereocenters. The van der Waals surface area contributed by atoms with Crippen LogP contribution in [0.4, 0.5) is 4.79 Å². The fourth-order valence-electron chi connectivity index (χ4n) is 2.21. The van der Waals surface area contributed by atoms with Crippen molar-refractivity contribution in [3.63, 3.8) is 0 Å². The van der Waals surface area contributed by atoms with E-state index in [0.717, 1.165) is 25.7 Å². The molecule has 1 saturated carbocycles. The molecule has 0 aromatic carbocycles. The van der Waals surface area contributed by atoms with E-state index in [-0.39, 0.29) is 23.9 Å². The van der Waals surface area contributed by atoms with Crippen LogP contribution >= 0.6 is 0 Å². The molecule has 2 amide bonds. The molecular formula is C13H18N2O4. The van der Waals surface area contributed by atoms with Gasteiger partial charge < -0.3 is 20.2 Å². The van der Waals surface area contributed by atoms with Crippen LogP contribution in [0.2, 0.25) is 0 Å². The van der Waals surface area contributed by atoms with Crippen LogP contribution in [0.25, 0.3) is 0 Å². The van der Waals surface area contributed by atoms with Crippen LogP contribution in [0.3, 0.4) is 0 Å². The number of carbonyl (C=O) groups excluding carboxylic acids is 1. The van der Waals surface area contributed by atoms with E-state index in [0.29, 0.717) is 5.76 Å². The minimum Gasteiger partial charge on any atom is -0.475 e. The van der Waals surface area contributed by atoms with Crippen LogP contribution in [0, 0.1) is 0 Å². The molecule has 2 rings (SSSR count). The van der Waals surface area contributed by atoms with Crippen molar-refractivity contribution >= 4 is 12.0 Å². The molecule has 6 heteroatoms. The number of furan rings is 1. The summed E-state index contributed by atoms with van der Waals surface area (Å²) in [7, 11) is 0. The second-order valence-corrected chi connectivity index (χ2v) is 4.87. The van der Waals surface area contributed by atoms with Gasteiger partial charge in [0.05, 0.1) is 6.54 Å². The first kappa shape index (κ1) is 13.5. The topological polar surface area (TPSA) is 91.6 Å². The Morgan fingerprint density at radius 3 is 2.63 bits per heavy atom. The third kappa shape index (κ3) is 3.07. The zero-order chi connectivity index (χ0) is 13.9. The largest absolute Gasteiger partial charge is 0.475 e. The lowest BCUT2D eigenvalue weighted by atomic mass is 9.75. The van der Waals surface area contributed by atoms with Crippen molar-refractivity contribution in [1.29, 1.82) is 0 Å². The summed E-state index contributed by atoms with van der Waals surface area (Å²) in [6.45, 7) is 2.24. The molecule has 3 N–H and O–H groups in total. The number of carboxylic acids is 1. The van der Waals surface area contributed by atoms with Crippen molar-refractivity contribution in [2.24, 2.45) is 0 Å². The van der Waals surface area contributed by atoms with Gasteiger partial charge in [-0.2, -0.15) is 0 Å². The van der Waals surface area contributed by atoms with Gasteiger partial charge in [0.25, 0.3) is 0 Å². The maximum absolute atomic E-state index is 11.7. The monoisotopic (exact) mass is 266 g/mol. The van der Waals surface area contributed by atoms with Gasteiger partial charge in [0.2, 0.25) is 5.76 Å². The number of hydrogen-bond donors (Lipinski definition) is 3. The standard InChI is InChI=1S/C13H18N2O4/c1-2-13(6-3-7-13)15-12(18)14-8-9-4-5-10(19-9)11(16)17/h4-5H,2-3,6-8H2,1H3,(H,16,17)(H2,14,15,18). The Morgan fingerprint density at radius 1 is 1.42 bits per heavy atom. The SMILES string of the molecule is CCC1(NC(=O)NCc2ccc(C(=O)O)o2)CCC1. The molecule has 1 aliphatic rings. The molecule has 1 heterocycles. The van der Waals surface area contributed by atoms with Crippen molar-refractivity contribution in [2.45, 2.75) is 44.7 Å². The number of carboxylic acid groups (broad SMARTS) is 1. The number of carbonyl (C=O) groups is 2. The Hall–Kier alpha value is -1.98. The minimum atomic E-state index is -1.12. The van der Waals surface area contributed by atoms with Crippen molar-refractivity contribution in [3.05, 3.63) is 23.7 Å². The number of nitrogens with one attached hydrogen (secondary N) is 2. The lowest BCUT2D eigenvalue weighted by Crippen LogP contribution is -2.55. The predicted molar refractivity (Wildman–Crippen MR) is 67.9 cm³/mol. The quantitative estimate of drug-likeness (QED) is 0.761. The first-order valence-electron chi connectivity index (χ1n) is 6.43. The Bertz CT molecular complexity index is 471. The molecule has 0 atom stereocenters. The fraction of sp³-hybridized carbons (Fsp3) is 0.538. The third-order valence-corrected chi connectivity index (χ3v) is 3.66. The van der Waals surface area contributed by atoms with Gasteiger partial charge in [-0.15, -0.1) is 0 Å². The predicted octanol–water partition coefficient (Wildman–Crippen LogP) is 2.11. The highest BCUT2D eigenvalue weighted by Crippen LogP contribution is 2.34. The fourth-order valence-corrected chi connectivity index (χ4v) is 2.21. The highest BCUT2D eigenvalue weighted by Gasteiger charge is 2.36. The van der Waals surface area contributed by atoms with Gasteiger partial charge in [0.1, 0.15) is 5.76 Å². The normalized spacial score (nSPS) is 16.5. The lowest BCUT2D eigenvalue weighted by molar-refractivity contribution is 0.0660. The van der Waals surface area contributed by atoms with E-state index in [1.807, 2.05) is 0 Å². The van der Waals surface area contributed by atoms with Crippen molar-refractivity contribution in [1.82, 2.24) is 10.6 Å². The molecule has 6 nitrogen and oxygen atoms in total. The summed E-state index contributed by atoms with van der Waals surface area (Å²) in [4.78, 5) is 22.4. The average molecular weight is 266 g/mol. The maximum atomic E-state index is 11.7. The second-order valence-electron chi connectivity index (χ2n) is 4.87. The summed E-state index contributed by atoms with van der Waals surface area (Å²) < 4.78 is 5.05. The Kier molecular flexibility index (Phi) is 3.78. The molecular weight excluding hydrogens is 248 g/mol. The van der Waals surface area contributed by atoms with Crippen LogP contribution in [0.1, 0.15) is 48.9 Å². The zero-order valence-electron chi connectivity index (χ0n) is 10.9. The van der Waals surface area contributed by atoms with E-state index in [1.54, 1.807) is 6.07 Å². The highest BCUT2D eigenvalue weighted by molar-refractivity contribution is 5.84. The van der Waals surface area contributed by atoms with Crippen LogP contribution in [-0.2, 0) is 6.54 Å². The van der Waals surface area contributed by atoms with Gasteiger partial charge in [-0.05, 0) is 37.8 Å². The molecule has 0 bridgehead atoms. The van der Waals surface area contributed by atoms with E-state index in [1.165, 1.54) is 6.07 Å². The number of amides is 2. The molecule has 19 heavy (non-hydrogen) atoms. The Morgan fingerprint density at radius 2 is 2.16 bits per heavy atom. The molecule has 0 saturated heterocycles. The zero-order valence-corrected chi connectivity index (χ0v) is 10.9. The van der Waals surface area contributed by atoms with Gasteiger partial charge >= 0.3 is 12.0 Å². The van der Waals surface area contributed by atoms with Crippen LogP contribution < -0.4 is 10.6 Å². The smallest absolute Gasteiger partial charge is 0.371 e. The van der Waals surface area contributed by atoms with Gasteiger partial charge in [-0.1, -0.05) is 6.92 Å². The average Bonchev–Trinajstić information content (AvgIpc) is 2.80. The van der Waals surface area contributed by atoms with E-state index < -0.39 is 5.97 Å². The first-order chi connectivity index (χ1) is 9.04. The molecule has 1 aromatic heterocycles. The number of rotatable bonds is 5. The van der Waals surface area contributed by atoms with Crippen LogP contribution in [0.15, 0.2) is 16.5 Å². The summed E-state index contributed by atoms with van der Waals surface area (Å²) in [5, 5.41) is 14.4. The van der Waals surface area contributed by atoms with E-state index >= 15 is 0 Å². The van der Waals surface area contributed by atoms with Crippen molar-refractivity contribution < 1.29 is 19.1 Å². The highest BCUT2D eigenvalue weighted by atomic mass is 16.4. The summed E-state index contributed by atoms with van der Waals surface area (Å²) >= 11 is 0. The van der Waals surface area contributed by atoms with Crippen molar-refractivity contribution in [2.75, 3.05) is 0 Å². The Labute approximate surface area is 111 Å². The molecule has 1 fully saturated rings. The molecule has 104 valence electrons. The second kappa shape index (κ2) is 5.34. The summed E-state index contributed by atoms with van der Waals surface area (Å²) in [6, 6.07) is 2.68. The molecule has 0 aliphatic heterocycles. The number of aromatic carboxylic acids is 1. The van der Waals surface area contributed by atoms with Gasteiger partial charge in [-0.25, -0.2) is 9.59 Å². The maximum Gasteiger partial charge on any atom is 0.371 e. The summed E-state index contributed by atoms with van der Waals surface area (Å²) in [5.74, 6) is -0.817. The summed E-state index contributed by atoms with van der Waals surface area (Å²) in [6.07, 6.45) is 4.10. The van der Waals surface area contributed by atoms with Crippen LogP contribution in [0.5, 0.6) is 0 Å². The molecule has 0 radical (unpaired) electrons. The van der Waals surface area contributed by atoms with Gasteiger partial charge in [-0.3, -0.25) is 0 Å². The van der Waals surface area contributed by atoms with Crippen LogP contribution in [-0.4, -0.2) is 22.6 Å². The van der Waals surface area contributed by atoms with Gasteiger partial charge in [0.15, 0.2) is 0 Å². The summed E-state index contributed by atoms with van der Waals surface area (Å²) in [5.41, 5.74) is -0.0561. The molecule has 1 aromatic rings.